The molecule has 146 valence electrons. The fourth-order valence-electron chi connectivity index (χ4n) is 2.72. The van der Waals surface area contributed by atoms with Crippen LogP contribution in [-0.2, 0) is 17.9 Å². The van der Waals surface area contributed by atoms with E-state index in [2.05, 4.69) is 20.7 Å². The number of carbonyl (C=O) groups excluding carboxylic acids is 2. The van der Waals surface area contributed by atoms with E-state index in [9.17, 15) is 9.59 Å². The van der Waals surface area contributed by atoms with Gasteiger partial charge in [0.2, 0.25) is 5.91 Å². The molecular weight excluding hydrogens is 374 g/mol. The average Bonchev–Trinajstić information content (AvgIpc) is 3.39. The molecule has 2 amide bonds. The number of rotatable bonds is 8. The lowest BCUT2D eigenvalue weighted by molar-refractivity contribution is -0.124. The first-order valence-electron chi connectivity index (χ1n) is 9.05. The second-order valence-corrected chi connectivity index (χ2v) is 7.75. The van der Waals surface area contributed by atoms with Gasteiger partial charge in [0.15, 0.2) is 0 Å². The Labute approximate surface area is 167 Å². The molecule has 0 aliphatic carbocycles. The molecule has 0 bridgehead atoms. The number of amides is 2. The molecule has 1 aromatic carbocycles. The van der Waals surface area contributed by atoms with E-state index in [1.54, 1.807) is 17.1 Å². The number of carbonyl (C=O) groups is 2. The lowest BCUT2D eigenvalue weighted by atomic mass is 10.0. The highest BCUT2D eigenvalue weighted by Gasteiger charge is 2.24. The molecule has 0 aliphatic heterocycles. The zero-order valence-corrected chi connectivity index (χ0v) is 16.6. The summed E-state index contributed by atoms with van der Waals surface area (Å²) in [5, 5.41) is 11.7. The van der Waals surface area contributed by atoms with E-state index in [0.717, 1.165) is 11.1 Å². The highest BCUT2D eigenvalue weighted by atomic mass is 32.1. The maximum Gasteiger partial charge on any atom is 0.262 e. The molecule has 8 heteroatoms. The molecule has 3 rings (SSSR count). The third-order valence-electron chi connectivity index (χ3n) is 4.28. The number of thiophene rings is 1. The zero-order valence-electron chi connectivity index (χ0n) is 15.8. The Morgan fingerprint density at radius 2 is 1.89 bits per heavy atom. The zero-order chi connectivity index (χ0) is 19.9. The van der Waals surface area contributed by atoms with Crippen molar-refractivity contribution >= 4 is 23.2 Å². The third kappa shape index (κ3) is 5.26. The van der Waals surface area contributed by atoms with E-state index in [1.807, 2.05) is 49.6 Å². The summed E-state index contributed by atoms with van der Waals surface area (Å²) in [4.78, 5) is 29.4. The molecule has 0 fully saturated rings. The second-order valence-electron chi connectivity index (χ2n) is 6.80. The van der Waals surface area contributed by atoms with E-state index in [4.69, 9.17) is 0 Å². The Kier molecular flexibility index (Phi) is 6.54. The number of hydrogen-bond acceptors (Lipinski definition) is 5. The lowest BCUT2D eigenvalue weighted by Gasteiger charge is -2.21. The van der Waals surface area contributed by atoms with E-state index in [1.165, 1.54) is 17.7 Å². The summed E-state index contributed by atoms with van der Waals surface area (Å²) in [5.41, 5.74) is 2.09. The van der Waals surface area contributed by atoms with Crippen molar-refractivity contribution < 1.29 is 9.59 Å². The highest BCUT2D eigenvalue weighted by Crippen LogP contribution is 2.11. The van der Waals surface area contributed by atoms with Gasteiger partial charge in [-0.1, -0.05) is 44.2 Å². The minimum absolute atomic E-state index is 0.0195. The molecule has 3 aromatic rings. The fraction of sp³-hybridized carbons (Fsp3) is 0.300. The highest BCUT2D eigenvalue weighted by molar-refractivity contribution is 7.12. The first kappa shape index (κ1) is 19.8. The van der Waals surface area contributed by atoms with Gasteiger partial charge in [-0.05, 0) is 28.5 Å². The lowest BCUT2D eigenvalue weighted by Crippen LogP contribution is -2.49. The van der Waals surface area contributed by atoms with Crippen LogP contribution >= 0.6 is 11.3 Å². The maximum absolute atomic E-state index is 12.6. The fourth-order valence-corrected chi connectivity index (χ4v) is 3.35. The predicted molar refractivity (Wildman–Crippen MR) is 108 cm³/mol. The van der Waals surface area contributed by atoms with Crippen molar-refractivity contribution in [3.8, 4) is 0 Å². The molecule has 0 saturated carbocycles. The smallest absolute Gasteiger partial charge is 0.262 e. The third-order valence-corrected chi connectivity index (χ3v) is 5.15. The van der Waals surface area contributed by atoms with Crippen LogP contribution in [0.15, 0.2) is 54.4 Å². The maximum atomic E-state index is 12.6. The molecule has 1 atom stereocenters. The van der Waals surface area contributed by atoms with Gasteiger partial charge in [-0.3, -0.25) is 9.59 Å². The van der Waals surface area contributed by atoms with Crippen LogP contribution in [-0.4, -0.2) is 32.6 Å². The minimum Gasteiger partial charge on any atom is -0.350 e. The standard InChI is InChI=1S/C20H23N5O2S/c1-14(2)18(24-19(26)17-4-3-9-28-17)20(27)22-10-15-5-7-16(8-6-15)11-25-13-21-12-23-25/h3-9,12-14,18H,10-11H2,1-2H3,(H,22,27)(H,24,26). The van der Waals surface area contributed by atoms with Crippen molar-refractivity contribution in [2.45, 2.75) is 33.0 Å². The van der Waals surface area contributed by atoms with Gasteiger partial charge >= 0.3 is 0 Å². The van der Waals surface area contributed by atoms with E-state index in [0.29, 0.717) is 18.0 Å². The van der Waals surface area contributed by atoms with E-state index < -0.39 is 6.04 Å². The largest absolute Gasteiger partial charge is 0.350 e. The summed E-state index contributed by atoms with van der Waals surface area (Å²) in [6, 6.07) is 10.9. The number of aromatic nitrogens is 3. The van der Waals surface area contributed by atoms with Crippen molar-refractivity contribution in [2.75, 3.05) is 0 Å². The van der Waals surface area contributed by atoms with Crippen LogP contribution in [0.2, 0.25) is 0 Å². The molecule has 0 aliphatic rings. The summed E-state index contributed by atoms with van der Waals surface area (Å²) in [6.07, 6.45) is 3.18. The monoisotopic (exact) mass is 397 g/mol. The Balaban J connectivity index is 1.54. The Hall–Kier alpha value is -3.00. The second kappa shape index (κ2) is 9.27. The topological polar surface area (TPSA) is 88.9 Å². The van der Waals surface area contributed by atoms with Crippen LogP contribution in [0.3, 0.4) is 0 Å². The average molecular weight is 398 g/mol. The van der Waals surface area contributed by atoms with Gasteiger partial charge < -0.3 is 10.6 Å². The molecule has 7 nitrogen and oxygen atoms in total. The number of benzene rings is 1. The van der Waals surface area contributed by atoms with Crippen LogP contribution < -0.4 is 10.6 Å². The van der Waals surface area contributed by atoms with Crippen LogP contribution in [0.25, 0.3) is 0 Å². The van der Waals surface area contributed by atoms with Crippen LogP contribution in [0, 0.1) is 5.92 Å². The summed E-state index contributed by atoms with van der Waals surface area (Å²) in [6.45, 7) is 4.88. The molecule has 0 radical (unpaired) electrons. The number of hydrogen-bond donors (Lipinski definition) is 2. The van der Waals surface area contributed by atoms with Gasteiger partial charge in [-0.2, -0.15) is 5.10 Å². The summed E-state index contributed by atoms with van der Waals surface area (Å²) >= 11 is 1.36. The molecule has 2 aromatic heterocycles. The molecule has 2 heterocycles. The van der Waals surface area contributed by atoms with Gasteiger partial charge in [0.25, 0.3) is 5.91 Å². The molecule has 1 unspecified atom stereocenters. The van der Waals surface area contributed by atoms with Crippen molar-refractivity contribution in [3.63, 3.8) is 0 Å². The predicted octanol–water partition coefficient (Wildman–Crippen LogP) is 2.46. The van der Waals surface area contributed by atoms with Gasteiger partial charge in [0.05, 0.1) is 11.4 Å². The van der Waals surface area contributed by atoms with Crippen LogP contribution in [0.4, 0.5) is 0 Å². The quantitative estimate of drug-likeness (QED) is 0.611. The summed E-state index contributed by atoms with van der Waals surface area (Å²) in [5.74, 6) is -0.429. The number of nitrogens with one attached hydrogen (secondary N) is 2. The van der Waals surface area contributed by atoms with Crippen molar-refractivity contribution in [2.24, 2.45) is 5.92 Å². The molecular formula is C20H23N5O2S. The van der Waals surface area contributed by atoms with Crippen molar-refractivity contribution in [3.05, 3.63) is 70.4 Å². The molecule has 0 spiro atoms. The van der Waals surface area contributed by atoms with E-state index >= 15 is 0 Å². The Morgan fingerprint density at radius 1 is 1.14 bits per heavy atom. The van der Waals surface area contributed by atoms with E-state index in [-0.39, 0.29) is 17.7 Å². The van der Waals surface area contributed by atoms with Gasteiger partial charge in [-0.15, -0.1) is 11.3 Å². The SMILES string of the molecule is CC(C)C(NC(=O)c1cccs1)C(=O)NCc1ccc(Cn2cncn2)cc1. The molecule has 2 N–H and O–H groups in total. The first-order valence-corrected chi connectivity index (χ1v) is 9.93. The summed E-state index contributed by atoms with van der Waals surface area (Å²) < 4.78 is 1.75. The number of nitrogens with zero attached hydrogens (tertiary/aromatic N) is 3. The van der Waals surface area contributed by atoms with Gasteiger partial charge in [-0.25, -0.2) is 9.67 Å². The Bertz CT molecular complexity index is 889. The van der Waals surface area contributed by atoms with Crippen LogP contribution in [0.1, 0.15) is 34.6 Å². The van der Waals surface area contributed by atoms with Gasteiger partial charge in [0, 0.05) is 6.54 Å². The van der Waals surface area contributed by atoms with Crippen LogP contribution in [0.5, 0.6) is 0 Å². The normalized spacial score (nSPS) is 12.0. The van der Waals surface area contributed by atoms with Gasteiger partial charge in [0.1, 0.15) is 18.7 Å². The Morgan fingerprint density at radius 3 is 2.50 bits per heavy atom. The van der Waals surface area contributed by atoms with Crippen molar-refractivity contribution in [1.29, 1.82) is 0 Å². The summed E-state index contributed by atoms with van der Waals surface area (Å²) in [7, 11) is 0. The molecule has 0 saturated heterocycles. The van der Waals surface area contributed by atoms with Crippen molar-refractivity contribution in [1.82, 2.24) is 25.4 Å². The first-order chi connectivity index (χ1) is 13.5. The minimum atomic E-state index is -0.582. The molecule has 28 heavy (non-hydrogen) atoms.